The molecule has 1 spiro atoms. The van der Waals surface area contributed by atoms with E-state index in [1.807, 2.05) is 30.9 Å². The number of carbonyl (C=O) groups excluding carboxylic acids is 1. The van der Waals surface area contributed by atoms with Crippen LogP contribution in [0.25, 0.3) is 6.08 Å². The molecule has 2 aromatic rings. The summed E-state index contributed by atoms with van der Waals surface area (Å²) >= 11 is 0. The molecule has 6 rings (SSSR count). The summed E-state index contributed by atoms with van der Waals surface area (Å²) in [6.07, 6.45) is 2.42. The predicted octanol–water partition coefficient (Wildman–Crippen LogP) is 5.62. The third kappa shape index (κ3) is 4.58. The number of methoxy groups -OCH3 is 1. The molecule has 5 atom stereocenters. The van der Waals surface area contributed by atoms with Gasteiger partial charge in [0.05, 0.1) is 29.7 Å². The lowest BCUT2D eigenvalue weighted by Gasteiger charge is -2.64. The Morgan fingerprint density at radius 3 is 2.63 bits per heavy atom. The normalized spacial score (nSPS) is 29.3. The van der Waals surface area contributed by atoms with Gasteiger partial charge in [0.25, 0.3) is 0 Å². The average molecular weight is 597 g/mol. The number of aliphatic hydroxyl groups is 1. The summed E-state index contributed by atoms with van der Waals surface area (Å²) in [4.78, 5) is 18.1. The molecule has 2 bridgehead atoms. The van der Waals surface area contributed by atoms with E-state index in [4.69, 9.17) is 9.47 Å². The smallest absolute Gasteiger partial charge is 0.416 e. The fraction of sp³-hybridized carbons (Fsp3) is 0.500. The van der Waals surface area contributed by atoms with E-state index in [1.54, 1.807) is 13.2 Å². The van der Waals surface area contributed by atoms with Gasteiger partial charge in [0, 0.05) is 30.8 Å². The molecule has 2 aromatic carbocycles. The zero-order chi connectivity index (χ0) is 30.7. The summed E-state index contributed by atoms with van der Waals surface area (Å²) in [6, 6.07) is 8.36. The summed E-state index contributed by atoms with van der Waals surface area (Å²) < 4.78 is 51.7. The summed E-state index contributed by atoms with van der Waals surface area (Å²) in [6.45, 7) is 9.98. The molecule has 1 N–H and O–H groups in total. The molecule has 6 nitrogen and oxygen atoms in total. The van der Waals surface area contributed by atoms with Crippen molar-refractivity contribution in [1.82, 2.24) is 9.80 Å². The van der Waals surface area contributed by atoms with Crippen LogP contribution in [0.4, 0.5) is 13.2 Å². The highest BCUT2D eigenvalue weighted by Gasteiger charge is 2.73. The topological polar surface area (TPSA) is 62.2 Å². The highest BCUT2D eigenvalue weighted by molar-refractivity contribution is 5.92. The fourth-order valence-electron chi connectivity index (χ4n) is 8.29. The third-order valence-corrected chi connectivity index (χ3v) is 10.0. The number of alkyl halides is 3. The number of amides is 1. The highest BCUT2D eigenvalue weighted by Crippen LogP contribution is 2.66. The van der Waals surface area contributed by atoms with Crippen LogP contribution in [0.2, 0.25) is 0 Å². The number of rotatable bonds is 8. The molecule has 4 aliphatic rings. The second-order valence-corrected chi connectivity index (χ2v) is 12.8. The Kier molecular flexibility index (Phi) is 7.40. The van der Waals surface area contributed by atoms with Crippen molar-refractivity contribution in [3.05, 3.63) is 77.4 Å². The van der Waals surface area contributed by atoms with E-state index in [0.717, 1.165) is 29.8 Å². The Labute approximate surface area is 250 Å². The average Bonchev–Trinajstić information content (AvgIpc) is 3.31. The van der Waals surface area contributed by atoms with Gasteiger partial charge in [-0.25, -0.2) is 0 Å². The highest BCUT2D eigenvalue weighted by atomic mass is 19.4. The van der Waals surface area contributed by atoms with Crippen LogP contribution in [0.5, 0.6) is 11.5 Å². The van der Waals surface area contributed by atoms with E-state index in [2.05, 4.69) is 17.5 Å². The van der Waals surface area contributed by atoms with Crippen LogP contribution < -0.4 is 9.47 Å². The largest absolute Gasteiger partial charge is 0.493 e. The Balaban J connectivity index is 1.38. The predicted molar refractivity (Wildman–Crippen MR) is 158 cm³/mol. The number of piperidine rings is 1. The van der Waals surface area contributed by atoms with Gasteiger partial charge in [0.1, 0.15) is 6.10 Å². The molecule has 2 heterocycles. The van der Waals surface area contributed by atoms with Crippen molar-refractivity contribution in [2.24, 2.45) is 5.92 Å². The minimum atomic E-state index is -4.42. The number of ether oxygens (including phenoxy) is 2. The number of nitrogens with zero attached hydrogens (tertiary/aromatic N) is 2. The SMILES string of the molecule is C=CCN1CC[C@]23c4c5ccc(OC)c4OC2C(N(CC(C)C)C(=O)/C=C/c2ccc(C(F)(F)F)cc2)CC[C@@]3(O)[C@H]1C5. The lowest BCUT2D eigenvalue weighted by molar-refractivity contribution is -0.199. The van der Waals surface area contributed by atoms with E-state index < -0.39 is 28.9 Å². The van der Waals surface area contributed by atoms with Crippen molar-refractivity contribution in [2.75, 3.05) is 26.7 Å². The standard InChI is InChI=1S/C34H39F3N2O4/c1-5-17-38-18-16-32-29-23-9-12-26(42-4)30(29)43-31(32)25(14-15-33(32,41)27(38)19-23)39(20-21(2)3)28(40)13-8-22-6-10-24(11-7-22)34(35,36)37/h5-13,21,25,27,31,41H,1,14-20H2,2-4H3/b13-8+/t25?,27-,31?,32+,33-/m1/s1. The summed E-state index contributed by atoms with van der Waals surface area (Å²) in [5, 5.41) is 12.7. The molecule has 1 saturated carbocycles. The number of likely N-dealkylation sites (tertiary alicyclic amines) is 1. The van der Waals surface area contributed by atoms with Gasteiger partial charge in [0.15, 0.2) is 11.5 Å². The third-order valence-electron chi connectivity index (χ3n) is 10.0. The van der Waals surface area contributed by atoms with Crippen molar-refractivity contribution in [1.29, 1.82) is 0 Å². The summed E-state index contributed by atoms with van der Waals surface area (Å²) in [5.74, 6) is 1.22. The Bertz CT molecular complexity index is 1440. The molecule has 0 radical (unpaired) electrons. The second-order valence-electron chi connectivity index (χ2n) is 12.8. The van der Waals surface area contributed by atoms with Gasteiger partial charge in [-0.15, -0.1) is 6.58 Å². The van der Waals surface area contributed by atoms with Crippen molar-refractivity contribution in [3.8, 4) is 11.5 Å². The van der Waals surface area contributed by atoms with Crippen molar-refractivity contribution < 1.29 is 32.5 Å². The maximum atomic E-state index is 13.9. The lowest BCUT2D eigenvalue weighted by atomic mass is 9.48. The molecule has 43 heavy (non-hydrogen) atoms. The molecule has 230 valence electrons. The quantitative estimate of drug-likeness (QED) is 0.317. The van der Waals surface area contributed by atoms with Gasteiger partial charge in [0.2, 0.25) is 5.91 Å². The molecule has 1 amide bonds. The Morgan fingerprint density at radius 1 is 1.23 bits per heavy atom. The van der Waals surface area contributed by atoms with Gasteiger partial charge in [-0.05, 0) is 73.5 Å². The Morgan fingerprint density at radius 2 is 1.98 bits per heavy atom. The number of hydrogen-bond donors (Lipinski definition) is 1. The molecular weight excluding hydrogens is 557 g/mol. The molecule has 2 unspecified atom stereocenters. The van der Waals surface area contributed by atoms with Gasteiger partial charge >= 0.3 is 6.18 Å². The monoisotopic (exact) mass is 596 g/mol. The van der Waals surface area contributed by atoms with Crippen LogP contribution in [0.15, 0.2) is 55.1 Å². The van der Waals surface area contributed by atoms with Gasteiger partial charge in [-0.3, -0.25) is 9.69 Å². The van der Waals surface area contributed by atoms with E-state index >= 15 is 0 Å². The first-order valence-electron chi connectivity index (χ1n) is 15.0. The van der Waals surface area contributed by atoms with E-state index in [9.17, 15) is 23.1 Å². The molecule has 0 aromatic heterocycles. The molecule has 2 aliphatic heterocycles. The van der Waals surface area contributed by atoms with Crippen molar-refractivity contribution >= 4 is 12.0 Å². The van der Waals surface area contributed by atoms with Crippen LogP contribution in [0.3, 0.4) is 0 Å². The van der Waals surface area contributed by atoms with E-state index in [1.165, 1.54) is 18.2 Å². The zero-order valence-corrected chi connectivity index (χ0v) is 24.9. The molecular formula is C34H39F3N2O4. The van der Waals surface area contributed by atoms with Crippen LogP contribution in [0.1, 0.15) is 55.4 Å². The summed E-state index contributed by atoms with van der Waals surface area (Å²) in [7, 11) is 1.61. The van der Waals surface area contributed by atoms with Crippen LogP contribution in [-0.4, -0.2) is 71.3 Å². The molecule has 2 fully saturated rings. The van der Waals surface area contributed by atoms with Crippen molar-refractivity contribution in [3.63, 3.8) is 0 Å². The maximum absolute atomic E-state index is 13.9. The number of halogens is 3. The zero-order valence-electron chi connectivity index (χ0n) is 24.9. The first kappa shape index (κ1) is 29.8. The first-order valence-corrected chi connectivity index (χ1v) is 15.0. The van der Waals surface area contributed by atoms with Crippen LogP contribution in [0, 0.1) is 5.92 Å². The van der Waals surface area contributed by atoms with Gasteiger partial charge in [-0.1, -0.05) is 38.1 Å². The number of hydrogen-bond acceptors (Lipinski definition) is 5. The van der Waals surface area contributed by atoms with Gasteiger partial charge in [-0.2, -0.15) is 13.2 Å². The number of carbonyl (C=O) groups is 1. The second kappa shape index (κ2) is 10.7. The maximum Gasteiger partial charge on any atom is 0.416 e. The lowest BCUT2D eigenvalue weighted by Crippen LogP contribution is -2.78. The number of benzene rings is 2. The minimum Gasteiger partial charge on any atom is -0.493 e. The van der Waals surface area contributed by atoms with E-state index in [0.29, 0.717) is 55.8 Å². The van der Waals surface area contributed by atoms with E-state index in [-0.39, 0.29) is 23.9 Å². The van der Waals surface area contributed by atoms with Crippen LogP contribution in [-0.2, 0) is 22.8 Å². The first-order chi connectivity index (χ1) is 20.4. The van der Waals surface area contributed by atoms with Crippen molar-refractivity contribution in [2.45, 2.75) is 74.9 Å². The summed E-state index contributed by atoms with van der Waals surface area (Å²) in [5.41, 5.74) is 0.183. The van der Waals surface area contributed by atoms with Crippen LogP contribution >= 0.6 is 0 Å². The Hall–Kier alpha value is -3.30. The van der Waals surface area contributed by atoms with Gasteiger partial charge < -0.3 is 19.5 Å². The minimum absolute atomic E-state index is 0.105. The molecule has 2 aliphatic carbocycles. The molecule has 1 saturated heterocycles. The fourth-order valence-corrected chi connectivity index (χ4v) is 8.29. The molecule has 9 heteroatoms.